The molecule has 2 aromatic carbocycles. The van der Waals surface area contributed by atoms with Crippen LogP contribution in [0.1, 0.15) is 6.92 Å². The fraction of sp³-hybridized carbons (Fsp3) is 0.133. The fourth-order valence-electron chi connectivity index (χ4n) is 2.17. The second-order valence-electron chi connectivity index (χ2n) is 5.10. The molecule has 25 heavy (non-hydrogen) atoms. The molecule has 1 amide bonds. The minimum atomic E-state index is -4.00. The zero-order valence-corrected chi connectivity index (χ0v) is 14.2. The molecule has 0 heterocycles. The normalized spacial score (nSPS) is 11.0. The van der Waals surface area contributed by atoms with Crippen molar-refractivity contribution in [2.24, 2.45) is 0 Å². The van der Waals surface area contributed by atoms with Crippen LogP contribution < -0.4 is 14.8 Å². The van der Waals surface area contributed by atoms with Gasteiger partial charge >= 0.3 is 0 Å². The summed E-state index contributed by atoms with van der Waals surface area (Å²) < 4.78 is 30.0. The number of nitro groups is 1. The van der Waals surface area contributed by atoms with Crippen molar-refractivity contribution < 1.29 is 22.9 Å². The van der Waals surface area contributed by atoms with Crippen LogP contribution in [0.3, 0.4) is 0 Å². The van der Waals surface area contributed by atoms with Gasteiger partial charge in [-0.15, -0.1) is 0 Å². The average Bonchev–Trinajstić information content (AvgIpc) is 2.48. The number of amides is 1. The van der Waals surface area contributed by atoms with Crippen LogP contribution in [0.4, 0.5) is 17.1 Å². The van der Waals surface area contributed by atoms with Crippen molar-refractivity contribution in [1.29, 1.82) is 0 Å². The van der Waals surface area contributed by atoms with E-state index >= 15 is 0 Å². The van der Waals surface area contributed by atoms with E-state index < -0.39 is 26.5 Å². The molecule has 0 saturated carbocycles. The molecule has 0 spiro atoms. The lowest BCUT2D eigenvalue weighted by molar-refractivity contribution is -0.383. The Labute approximate surface area is 143 Å². The molecule has 0 atom stereocenters. The topological polar surface area (TPSA) is 133 Å². The molecule has 2 rings (SSSR count). The van der Waals surface area contributed by atoms with Gasteiger partial charge in [0.05, 0.1) is 17.2 Å². The number of ether oxygens (including phenoxy) is 1. The van der Waals surface area contributed by atoms with E-state index in [1.54, 1.807) is 30.3 Å². The summed E-state index contributed by atoms with van der Waals surface area (Å²) in [5, 5.41) is 11.1. The first kappa shape index (κ1) is 18.2. The molecule has 0 saturated heterocycles. The Morgan fingerprint density at radius 2 is 1.84 bits per heavy atom. The third-order valence-corrected chi connectivity index (χ3v) is 4.23. The SMILES string of the molecule is CC(=O)N(c1cc(N)c([N+](=O)[O-])cc1Oc1ccccc1)S(C)(=O)=O. The monoisotopic (exact) mass is 365 g/mol. The molecule has 0 radical (unpaired) electrons. The number of rotatable bonds is 5. The van der Waals surface area contributed by atoms with Crippen molar-refractivity contribution in [3.63, 3.8) is 0 Å². The van der Waals surface area contributed by atoms with E-state index in [1.165, 1.54) is 0 Å². The summed E-state index contributed by atoms with van der Waals surface area (Å²) in [4.78, 5) is 22.2. The minimum absolute atomic E-state index is 0.187. The van der Waals surface area contributed by atoms with Crippen LogP contribution in [0.15, 0.2) is 42.5 Å². The average molecular weight is 365 g/mol. The predicted molar refractivity (Wildman–Crippen MR) is 92.0 cm³/mol. The Balaban J connectivity index is 2.70. The molecule has 0 aromatic heterocycles. The summed E-state index contributed by atoms with van der Waals surface area (Å²) in [7, 11) is -4.00. The smallest absolute Gasteiger partial charge is 0.295 e. The number of nitrogen functional groups attached to an aromatic ring is 1. The minimum Gasteiger partial charge on any atom is -0.455 e. The first-order valence-electron chi connectivity index (χ1n) is 6.93. The standard InChI is InChI=1S/C15H15N3O6S/c1-10(19)17(25(2,22)23)14-8-12(16)13(18(20)21)9-15(14)24-11-6-4-3-5-7-11/h3-9H,16H2,1-2H3. The third-order valence-electron chi connectivity index (χ3n) is 3.11. The number of sulfonamides is 1. The van der Waals surface area contributed by atoms with Gasteiger partial charge in [-0.05, 0) is 18.2 Å². The number of nitrogens with two attached hydrogens (primary N) is 1. The number of nitrogens with zero attached hydrogens (tertiary/aromatic N) is 2. The fourth-order valence-corrected chi connectivity index (χ4v) is 3.14. The van der Waals surface area contributed by atoms with Crippen LogP contribution in [0.5, 0.6) is 11.5 Å². The number of carbonyl (C=O) groups excluding carboxylic acids is 1. The number of nitro benzene ring substituents is 1. The Hall–Kier alpha value is -3.14. The quantitative estimate of drug-likeness (QED) is 0.488. The van der Waals surface area contributed by atoms with Gasteiger partial charge in [0, 0.05) is 6.92 Å². The summed E-state index contributed by atoms with van der Waals surface area (Å²) in [6.45, 7) is 1.05. The molecule has 0 fully saturated rings. The van der Waals surface area contributed by atoms with Crippen LogP contribution in [-0.2, 0) is 14.8 Å². The molecule has 0 aliphatic rings. The lowest BCUT2D eigenvalue weighted by atomic mass is 10.2. The highest BCUT2D eigenvalue weighted by Crippen LogP contribution is 2.40. The molecule has 0 unspecified atom stereocenters. The van der Waals surface area contributed by atoms with E-state index in [9.17, 15) is 23.3 Å². The maximum Gasteiger partial charge on any atom is 0.295 e. The van der Waals surface area contributed by atoms with Gasteiger partial charge in [-0.3, -0.25) is 14.9 Å². The van der Waals surface area contributed by atoms with Crippen LogP contribution in [-0.4, -0.2) is 25.5 Å². The van der Waals surface area contributed by atoms with E-state index in [0.29, 0.717) is 10.1 Å². The van der Waals surface area contributed by atoms with E-state index in [-0.39, 0.29) is 17.1 Å². The van der Waals surface area contributed by atoms with Crippen molar-refractivity contribution in [1.82, 2.24) is 0 Å². The van der Waals surface area contributed by atoms with Crippen molar-refractivity contribution >= 4 is 33.0 Å². The first-order chi connectivity index (χ1) is 11.6. The number of carbonyl (C=O) groups is 1. The molecule has 10 heteroatoms. The lowest BCUT2D eigenvalue weighted by Crippen LogP contribution is -2.34. The van der Waals surface area contributed by atoms with Gasteiger partial charge in [-0.1, -0.05) is 18.2 Å². The molecule has 2 aromatic rings. The zero-order chi connectivity index (χ0) is 18.8. The highest BCUT2D eigenvalue weighted by atomic mass is 32.2. The number of anilines is 2. The number of hydrogen-bond donors (Lipinski definition) is 1. The van der Waals surface area contributed by atoms with E-state index in [1.807, 2.05) is 0 Å². The van der Waals surface area contributed by atoms with E-state index in [0.717, 1.165) is 25.3 Å². The summed E-state index contributed by atoms with van der Waals surface area (Å²) >= 11 is 0. The summed E-state index contributed by atoms with van der Waals surface area (Å²) in [6, 6.07) is 10.2. The van der Waals surface area contributed by atoms with Gasteiger partial charge in [0.15, 0.2) is 5.75 Å². The Bertz CT molecular complexity index is 928. The zero-order valence-electron chi connectivity index (χ0n) is 13.4. The van der Waals surface area contributed by atoms with Crippen LogP contribution in [0, 0.1) is 10.1 Å². The molecule has 0 aliphatic carbocycles. The second kappa shape index (κ2) is 6.77. The summed E-state index contributed by atoms with van der Waals surface area (Å²) in [5.74, 6) is -0.693. The molecular formula is C15H15N3O6S. The summed E-state index contributed by atoms with van der Waals surface area (Å²) in [5.41, 5.74) is 4.67. The lowest BCUT2D eigenvalue weighted by Gasteiger charge is -2.22. The van der Waals surface area contributed by atoms with Gasteiger partial charge in [0.25, 0.3) is 5.69 Å². The first-order valence-corrected chi connectivity index (χ1v) is 8.77. The van der Waals surface area contributed by atoms with Gasteiger partial charge in [-0.2, -0.15) is 0 Å². The number of para-hydroxylation sites is 1. The number of benzene rings is 2. The maximum absolute atomic E-state index is 12.0. The molecule has 9 nitrogen and oxygen atoms in total. The van der Waals surface area contributed by atoms with Gasteiger partial charge in [-0.25, -0.2) is 12.7 Å². The second-order valence-corrected chi connectivity index (χ2v) is 6.93. The molecule has 132 valence electrons. The van der Waals surface area contributed by atoms with Crippen molar-refractivity contribution in [3.05, 3.63) is 52.6 Å². The van der Waals surface area contributed by atoms with E-state index in [4.69, 9.17) is 10.5 Å². The van der Waals surface area contributed by atoms with Crippen LogP contribution >= 0.6 is 0 Å². The maximum atomic E-state index is 12.0. The van der Waals surface area contributed by atoms with E-state index in [2.05, 4.69) is 0 Å². The predicted octanol–water partition coefficient (Wildman–Crippen LogP) is 2.28. The molecule has 0 bridgehead atoms. The molecular weight excluding hydrogens is 350 g/mol. The Kier molecular flexibility index (Phi) is 4.93. The highest BCUT2D eigenvalue weighted by Gasteiger charge is 2.29. The largest absolute Gasteiger partial charge is 0.455 e. The Morgan fingerprint density at radius 3 is 2.32 bits per heavy atom. The van der Waals surface area contributed by atoms with Crippen molar-refractivity contribution in [2.75, 3.05) is 16.3 Å². The van der Waals surface area contributed by atoms with Crippen molar-refractivity contribution in [2.45, 2.75) is 6.92 Å². The third kappa shape index (κ3) is 4.04. The summed E-state index contributed by atoms with van der Waals surface area (Å²) in [6.07, 6.45) is 0.832. The number of hydrogen-bond acceptors (Lipinski definition) is 7. The van der Waals surface area contributed by atoms with Gasteiger partial charge in [0.2, 0.25) is 15.9 Å². The molecule has 2 N–H and O–H groups in total. The Morgan fingerprint density at radius 1 is 1.24 bits per heavy atom. The molecule has 0 aliphatic heterocycles. The van der Waals surface area contributed by atoms with Gasteiger partial charge in [0.1, 0.15) is 17.1 Å². The van der Waals surface area contributed by atoms with Gasteiger partial charge < -0.3 is 10.5 Å². The highest BCUT2D eigenvalue weighted by molar-refractivity contribution is 7.92. The van der Waals surface area contributed by atoms with Crippen LogP contribution in [0.25, 0.3) is 0 Å². The van der Waals surface area contributed by atoms with Crippen molar-refractivity contribution in [3.8, 4) is 11.5 Å². The van der Waals surface area contributed by atoms with Crippen LogP contribution in [0.2, 0.25) is 0 Å².